The topological polar surface area (TPSA) is 56.7 Å². The fraction of sp³-hybridized carbons (Fsp3) is 0.275. The number of nitrogens with zero attached hydrogens (tertiary/aromatic N) is 4. The Morgan fingerprint density at radius 2 is 1.68 bits per heavy atom. The number of pyridine rings is 2. The Balaban J connectivity index is 0.000000188. The Kier molecular flexibility index (Phi) is 10.5. The Morgan fingerprint density at radius 3 is 2.38 bits per heavy atom. The average Bonchev–Trinajstić information content (AvgIpc) is 3.61. The van der Waals surface area contributed by atoms with Crippen molar-refractivity contribution in [2.75, 3.05) is 0 Å². The van der Waals surface area contributed by atoms with Crippen LogP contribution < -0.4 is 4.40 Å². The van der Waals surface area contributed by atoms with Gasteiger partial charge in [-0.2, -0.15) is 0 Å². The maximum absolute atomic E-state index is 6.15. The van der Waals surface area contributed by atoms with Crippen LogP contribution in [0.15, 0.2) is 89.6 Å². The molecule has 7 heteroatoms. The van der Waals surface area contributed by atoms with Gasteiger partial charge < -0.3 is 8.98 Å². The van der Waals surface area contributed by atoms with E-state index < -0.39 is 13.3 Å². The zero-order chi connectivity index (χ0) is 32.6. The van der Waals surface area contributed by atoms with Gasteiger partial charge in [-0.25, -0.2) is 4.98 Å². The maximum atomic E-state index is 6.15. The van der Waals surface area contributed by atoms with Crippen LogP contribution in [0.2, 0.25) is 17.3 Å². The minimum absolute atomic E-state index is 0. The van der Waals surface area contributed by atoms with Crippen molar-refractivity contribution < 1.29 is 24.5 Å². The first kappa shape index (κ1) is 34.7. The quantitative estimate of drug-likeness (QED) is 0.124. The van der Waals surface area contributed by atoms with Crippen molar-refractivity contribution in [1.29, 1.82) is 0 Å². The van der Waals surface area contributed by atoms with E-state index in [0.29, 0.717) is 11.6 Å². The summed E-state index contributed by atoms with van der Waals surface area (Å²) in [5, 5.41) is 2.12. The summed E-state index contributed by atoms with van der Waals surface area (Å²) in [6.45, 7) is 11.0. The van der Waals surface area contributed by atoms with Gasteiger partial charge in [0.1, 0.15) is 0 Å². The van der Waals surface area contributed by atoms with Gasteiger partial charge in [-0.15, -0.1) is 17.7 Å². The minimum Gasteiger partial charge on any atom is -0.486 e. The molecule has 0 amide bonds. The number of hydrogen-bond donors (Lipinski definition) is 0. The molecule has 0 saturated heterocycles. The van der Waals surface area contributed by atoms with E-state index in [1.807, 2.05) is 48.5 Å². The largest absolute Gasteiger partial charge is 0.486 e. The smallest absolute Gasteiger partial charge is 0.216 e. The van der Waals surface area contributed by atoms with Crippen LogP contribution in [0.3, 0.4) is 0 Å². The van der Waals surface area contributed by atoms with Crippen molar-refractivity contribution in [1.82, 2.24) is 19.5 Å². The fourth-order valence-corrected chi connectivity index (χ4v) is 9.54. The number of aromatic nitrogens is 4. The zero-order valence-electron chi connectivity index (χ0n) is 28.5. The summed E-state index contributed by atoms with van der Waals surface area (Å²) in [5.41, 5.74) is 9.20. The molecule has 0 spiro atoms. The van der Waals surface area contributed by atoms with Crippen LogP contribution >= 0.6 is 0 Å². The first-order valence-electron chi connectivity index (χ1n) is 16.1. The Bertz CT molecular complexity index is 2140. The van der Waals surface area contributed by atoms with Gasteiger partial charge in [0.25, 0.3) is 0 Å². The summed E-state index contributed by atoms with van der Waals surface area (Å²) < 4.78 is 9.94. The summed E-state index contributed by atoms with van der Waals surface area (Å²) in [4.78, 5) is 14.0. The van der Waals surface area contributed by atoms with Crippen molar-refractivity contribution >= 4 is 50.8 Å². The third kappa shape index (κ3) is 7.16. The Labute approximate surface area is 294 Å². The van der Waals surface area contributed by atoms with E-state index in [4.69, 9.17) is 14.4 Å². The van der Waals surface area contributed by atoms with Gasteiger partial charge in [0.05, 0.1) is 22.4 Å². The third-order valence-corrected chi connectivity index (χ3v) is 12.6. The number of furan rings is 1. The molecule has 0 atom stereocenters. The van der Waals surface area contributed by atoms with E-state index in [0.717, 1.165) is 62.0 Å². The van der Waals surface area contributed by atoms with E-state index in [-0.39, 0.29) is 26.1 Å². The van der Waals surface area contributed by atoms with E-state index in [2.05, 4.69) is 104 Å². The molecular formula is C40H42GeIrN4O-2. The molecule has 7 aromatic rings. The van der Waals surface area contributed by atoms with Crippen LogP contribution in [-0.2, 0) is 26.5 Å². The minimum atomic E-state index is -1.86. The molecule has 7 rings (SSSR count). The van der Waals surface area contributed by atoms with Crippen LogP contribution in [-0.4, -0.2) is 32.8 Å². The predicted octanol–water partition coefficient (Wildman–Crippen LogP) is 9.98. The van der Waals surface area contributed by atoms with Gasteiger partial charge in [0.15, 0.2) is 0 Å². The summed E-state index contributed by atoms with van der Waals surface area (Å²) in [6, 6.07) is 31.6. The normalized spacial score (nSPS) is 11.7. The molecule has 0 fully saturated rings. The van der Waals surface area contributed by atoms with Crippen molar-refractivity contribution in [3.8, 4) is 22.6 Å². The molecule has 47 heavy (non-hydrogen) atoms. The molecule has 0 unspecified atom stereocenters. The summed E-state index contributed by atoms with van der Waals surface area (Å²) >= 11 is -1.86. The third-order valence-electron chi connectivity index (χ3n) is 8.27. The van der Waals surface area contributed by atoms with Gasteiger partial charge in [0, 0.05) is 37.7 Å². The number of para-hydroxylation sites is 2. The van der Waals surface area contributed by atoms with Crippen LogP contribution in [0, 0.1) is 25.0 Å². The molecule has 0 saturated carbocycles. The molecule has 1 radical (unpaired) electrons. The van der Waals surface area contributed by atoms with Gasteiger partial charge >= 0.3 is 126 Å². The number of benzene rings is 3. The van der Waals surface area contributed by atoms with E-state index >= 15 is 0 Å². The molecule has 3 aromatic carbocycles. The second kappa shape index (κ2) is 14.3. The number of aryl methyl sites for hydroxylation is 1. The first-order chi connectivity index (χ1) is 22.0. The van der Waals surface area contributed by atoms with E-state index in [9.17, 15) is 0 Å². The molecule has 0 N–H and O–H groups in total. The van der Waals surface area contributed by atoms with E-state index in [1.165, 1.54) is 5.56 Å². The molecule has 0 aliphatic carbocycles. The van der Waals surface area contributed by atoms with Crippen molar-refractivity contribution in [2.45, 2.75) is 64.4 Å². The van der Waals surface area contributed by atoms with Crippen molar-refractivity contribution in [2.24, 2.45) is 5.92 Å². The summed E-state index contributed by atoms with van der Waals surface area (Å²) in [7, 11) is 0. The molecule has 0 aliphatic heterocycles. The number of rotatable bonds is 6. The standard InChI is InChI=1S/C22H18N3O.C18H24GeN.Ir/c1-13(2)25-18-9-5-4-8-17(18)24-21(25)16-11-10-14(3)19-15-7-6-12-23-22(15)26-20(16)19;1-14(2)11-16-12-18(15-9-7-6-8-10-15)20-13-17(16)19(3,4)5;/h4-10,12-13H,1-3H3;6-9,12-14H,11H2,1-5H3;/q2*-1;. The van der Waals surface area contributed by atoms with Crippen molar-refractivity contribution in [3.05, 3.63) is 108 Å². The van der Waals surface area contributed by atoms with Gasteiger partial charge in [-0.1, -0.05) is 30.0 Å². The van der Waals surface area contributed by atoms with Gasteiger partial charge in [0.2, 0.25) is 5.71 Å². The fourth-order valence-electron chi connectivity index (χ4n) is 6.21. The molecule has 5 nitrogen and oxygen atoms in total. The van der Waals surface area contributed by atoms with Crippen LogP contribution in [0.5, 0.6) is 0 Å². The molecule has 0 bridgehead atoms. The molecule has 0 aliphatic rings. The predicted molar refractivity (Wildman–Crippen MR) is 194 cm³/mol. The van der Waals surface area contributed by atoms with Crippen LogP contribution in [0.4, 0.5) is 0 Å². The molecular weight excluding hydrogens is 817 g/mol. The van der Waals surface area contributed by atoms with Crippen LogP contribution in [0.25, 0.3) is 55.7 Å². The first-order valence-corrected chi connectivity index (χ1v) is 23.5. The zero-order valence-corrected chi connectivity index (χ0v) is 33.0. The monoisotopic (exact) mass is 861 g/mol. The van der Waals surface area contributed by atoms with Gasteiger partial charge in [-0.3, -0.25) is 4.98 Å². The van der Waals surface area contributed by atoms with Crippen molar-refractivity contribution in [3.63, 3.8) is 0 Å². The molecule has 243 valence electrons. The Morgan fingerprint density at radius 1 is 0.915 bits per heavy atom. The Hall–Kier alpha value is -3.58. The van der Waals surface area contributed by atoms with Crippen LogP contribution in [0.1, 0.15) is 44.9 Å². The summed E-state index contributed by atoms with van der Waals surface area (Å²) in [5.74, 6) is 8.87. The molecule has 4 aromatic heterocycles. The summed E-state index contributed by atoms with van der Waals surface area (Å²) in [6.07, 6.45) is 5.03. The molecule has 4 heterocycles. The second-order valence-corrected chi connectivity index (χ2v) is 24.3. The SMILES string of the molecule is CC(C)Cc1cc(-c2[c-]cccc2)nc[c]1[Ge]([CH3])([CH3])[CH3].Cc1c[c-]c(-c2nc3ccccc3n2C(C)C)c2oc3ncccc3c12.[Ir]. The average molecular weight is 860 g/mol. The second-order valence-electron chi connectivity index (χ2n) is 13.7. The number of imidazole rings is 1. The number of hydrogen-bond acceptors (Lipinski definition) is 4. The maximum Gasteiger partial charge on any atom is 0.216 e. The van der Waals surface area contributed by atoms with Gasteiger partial charge in [-0.05, 0) is 38.1 Å². The van der Waals surface area contributed by atoms with E-state index in [1.54, 1.807) is 10.6 Å². The number of fused-ring (bicyclic) bond motifs is 4.